The number of rotatable bonds is 12. The van der Waals surface area contributed by atoms with Gasteiger partial charge < -0.3 is 20.1 Å². The van der Waals surface area contributed by atoms with E-state index in [1.54, 1.807) is 18.2 Å². The number of aliphatic hydroxyl groups excluding tert-OH is 2. The summed E-state index contributed by atoms with van der Waals surface area (Å²) < 4.78 is 5.73. The Morgan fingerprint density at radius 1 is 1.07 bits per heavy atom. The topological polar surface area (TPSA) is 69.9 Å². The van der Waals surface area contributed by atoms with E-state index in [-0.39, 0.29) is 19.0 Å². The molecule has 2 aromatic carbocycles. The smallest absolute Gasteiger partial charge is 0.122 e. The highest BCUT2D eigenvalue weighted by atomic mass is 16.5. The Bertz CT molecular complexity index is 852. The molecule has 2 rings (SSSR count). The van der Waals surface area contributed by atoms with Gasteiger partial charge >= 0.3 is 0 Å². The number of hydrogen-bond donors (Lipinski definition) is 3. The second kappa shape index (κ2) is 12.7. The molecule has 2 aromatic rings. The fourth-order valence-corrected chi connectivity index (χ4v) is 3.28. The molecule has 3 N–H and O–H groups in total. The van der Waals surface area contributed by atoms with Gasteiger partial charge in [-0.1, -0.05) is 74.0 Å². The van der Waals surface area contributed by atoms with Crippen LogP contribution in [0.1, 0.15) is 38.2 Å². The highest BCUT2D eigenvalue weighted by Crippen LogP contribution is 2.26. The van der Waals surface area contributed by atoms with Gasteiger partial charge in [0.05, 0.1) is 12.7 Å². The van der Waals surface area contributed by atoms with E-state index in [0.29, 0.717) is 24.0 Å². The van der Waals surface area contributed by atoms with Crippen LogP contribution in [0.5, 0.6) is 11.5 Å². The van der Waals surface area contributed by atoms with Crippen LogP contribution >= 0.6 is 0 Å². The van der Waals surface area contributed by atoms with Crippen LogP contribution in [0.3, 0.4) is 0 Å². The molecule has 0 spiro atoms. The van der Waals surface area contributed by atoms with E-state index >= 15 is 0 Å². The predicted molar refractivity (Wildman–Crippen MR) is 122 cm³/mol. The van der Waals surface area contributed by atoms with Crippen molar-refractivity contribution in [2.24, 2.45) is 0 Å². The van der Waals surface area contributed by atoms with Gasteiger partial charge in [0.15, 0.2) is 0 Å². The third kappa shape index (κ3) is 7.54. The normalized spacial score (nSPS) is 13.2. The summed E-state index contributed by atoms with van der Waals surface area (Å²) in [5, 5.41) is 30.2. The minimum Gasteiger partial charge on any atom is -0.507 e. The van der Waals surface area contributed by atoms with Gasteiger partial charge in [0, 0.05) is 5.56 Å². The number of aromatic hydroxyl groups is 1. The summed E-state index contributed by atoms with van der Waals surface area (Å²) >= 11 is 0. The third-order valence-electron chi connectivity index (χ3n) is 4.84. The van der Waals surface area contributed by atoms with Crippen LogP contribution in [0, 0.1) is 0 Å². The maximum atomic E-state index is 10.8. The van der Waals surface area contributed by atoms with E-state index in [1.165, 1.54) is 0 Å². The van der Waals surface area contributed by atoms with Crippen molar-refractivity contribution < 1.29 is 20.1 Å². The van der Waals surface area contributed by atoms with Crippen LogP contribution in [0.15, 0.2) is 84.0 Å². The maximum absolute atomic E-state index is 10.8. The predicted octanol–water partition coefficient (Wildman–Crippen LogP) is 5.27. The second-order valence-corrected chi connectivity index (χ2v) is 7.21. The summed E-state index contributed by atoms with van der Waals surface area (Å²) in [5.74, 6) is 0.978. The van der Waals surface area contributed by atoms with Crippen molar-refractivity contribution in [2.45, 2.75) is 38.7 Å². The number of phenols is 1. The van der Waals surface area contributed by atoms with Crippen LogP contribution in [0.4, 0.5) is 0 Å². The maximum Gasteiger partial charge on any atom is 0.122 e. The van der Waals surface area contributed by atoms with E-state index < -0.39 is 6.10 Å². The molecule has 0 aliphatic heterocycles. The van der Waals surface area contributed by atoms with E-state index in [0.717, 1.165) is 29.7 Å². The zero-order chi connectivity index (χ0) is 21.8. The number of para-hydroxylation sites is 2. The molecule has 0 fully saturated rings. The molecule has 0 heterocycles. The number of aliphatic hydroxyl groups is 2. The van der Waals surface area contributed by atoms with E-state index in [2.05, 4.69) is 13.5 Å². The minimum absolute atomic E-state index is 0.174. The summed E-state index contributed by atoms with van der Waals surface area (Å²) in [6.45, 7) is 6.21. The Morgan fingerprint density at radius 3 is 2.43 bits per heavy atom. The molecule has 0 amide bonds. The first kappa shape index (κ1) is 23.5. The Balaban J connectivity index is 2.02. The van der Waals surface area contributed by atoms with Crippen LogP contribution < -0.4 is 4.74 Å². The molecule has 0 bridgehead atoms. The number of benzene rings is 2. The van der Waals surface area contributed by atoms with Crippen LogP contribution in [-0.2, 0) is 0 Å². The van der Waals surface area contributed by atoms with Crippen LogP contribution in [-0.4, -0.2) is 34.6 Å². The summed E-state index contributed by atoms with van der Waals surface area (Å²) in [7, 11) is 0. The first-order valence-electron chi connectivity index (χ1n) is 10.4. The van der Waals surface area contributed by atoms with E-state index in [1.807, 2.05) is 48.5 Å². The number of allylic oxidation sites excluding steroid dienone is 1. The number of hydrogen-bond acceptors (Lipinski definition) is 4. The van der Waals surface area contributed by atoms with Crippen molar-refractivity contribution >= 4 is 6.08 Å². The Kier molecular flexibility index (Phi) is 9.92. The zero-order valence-corrected chi connectivity index (χ0v) is 17.6. The average molecular weight is 409 g/mol. The highest BCUT2D eigenvalue weighted by molar-refractivity contribution is 5.59. The Hall–Kier alpha value is -2.82. The first-order chi connectivity index (χ1) is 14.5. The molecule has 0 radical (unpaired) electrons. The van der Waals surface area contributed by atoms with Crippen molar-refractivity contribution in [1.82, 2.24) is 0 Å². The van der Waals surface area contributed by atoms with Crippen molar-refractivity contribution in [3.8, 4) is 11.5 Å². The lowest BCUT2D eigenvalue weighted by Gasteiger charge is -2.19. The molecule has 0 saturated carbocycles. The third-order valence-corrected chi connectivity index (χ3v) is 4.84. The zero-order valence-electron chi connectivity index (χ0n) is 17.6. The average Bonchev–Trinajstić information content (AvgIpc) is 2.76. The quantitative estimate of drug-likeness (QED) is 0.419. The fourth-order valence-electron chi connectivity index (χ4n) is 3.28. The standard InChI is InChI=1S/C26H32O4/c1-3-9-21(18-22-10-7-8-13-25(22)28)14-15-26(29)24(16-17-27)20(2)19-30-23-11-5-4-6-12-23/h4-8,10-13,16,18,26-29H,2-3,9,14-15,17,19H2,1H3/b21-18+,24-16-. The van der Waals surface area contributed by atoms with Gasteiger partial charge in [0.1, 0.15) is 18.1 Å². The van der Waals surface area contributed by atoms with Crippen LogP contribution in [0.25, 0.3) is 6.08 Å². The molecule has 4 heteroatoms. The molecule has 1 unspecified atom stereocenters. The number of phenolic OH excluding ortho intramolecular Hbond substituents is 1. The van der Waals surface area contributed by atoms with Crippen molar-refractivity contribution in [2.75, 3.05) is 13.2 Å². The lowest BCUT2D eigenvalue weighted by Crippen LogP contribution is -2.16. The van der Waals surface area contributed by atoms with Gasteiger partial charge in [-0.25, -0.2) is 0 Å². The summed E-state index contributed by atoms with van der Waals surface area (Å²) in [5.41, 5.74) is 3.18. The Morgan fingerprint density at radius 2 is 1.77 bits per heavy atom. The lowest BCUT2D eigenvalue weighted by molar-refractivity contribution is 0.198. The molecular weight excluding hydrogens is 376 g/mol. The fraction of sp³-hybridized carbons (Fsp3) is 0.308. The lowest BCUT2D eigenvalue weighted by atomic mass is 9.94. The molecular formula is C26H32O4. The summed E-state index contributed by atoms with van der Waals surface area (Å²) in [4.78, 5) is 0. The van der Waals surface area contributed by atoms with Gasteiger partial charge in [0.25, 0.3) is 0 Å². The molecule has 0 aliphatic carbocycles. The van der Waals surface area contributed by atoms with E-state index in [9.17, 15) is 15.3 Å². The summed E-state index contributed by atoms with van der Waals surface area (Å²) in [6.07, 6.45) is 5.87. The van der Waals surface area contributed by atoms with Crippen LogP contribution in [0.2, 0.25) is 0 Å². The molecule has 30 heavy (non-hydrogen) atoms. The first-order valence-corrected chi connectivity index (χ1v) is 10.4. The van der Waals surface area contributed by atoms with Gasteiger partial charge in [-0.15, -0.1) is 0 Å². The SMILES string of the molecule is C=C(COc1ccccc1)/C(=C/CO)C(O)CC/C(=C/c1ccccc1O)CCC. The van der Waals surface area contributed by atoms with Gasteiger partial charge in [-0.05, 0) is 48.6 Å². The highest BCUT2D eigenvalue weighted by Gasteiger charge is 2.15. The minimum atomic E-state index is -0.756. The molecule has 0 aromatic heterocycles. The molecule has 1 atom stereocenters. The van der Waals surface area contributed by atoms with E-state index in [4.69, 9.17) is 4.74 Å². The van der Waals surface area contributed by atoms with Crippen molar-refractivity contribution in [1.29, 1.82) is 0 Å². The molecule has 4 nitrogen and oxygen atoms in total. The van der Waals surface area contributed by atoms with Gasteiger partial charge in [-0.2, -0.15) is 0 Å². The molecule has 160 valence electrons. The van der Waals surface area contributed by atoms with Gasteiger partial charge in [-0.3, -0.25) is 0 Å². The molecule has 0 aliphatic rings. The van der Waals surface area contributed by atoms with Crippen molar-refractivity contribution in [3.63, 3.8) is 0 Å². The summed E-state index contributed by atoms with van der Waals surface area (Å²) in [6, 6.07) is 16.7. The largest absolute Gasteiger partial charge is 0.507 e. The monoisotopic (exact) mass is 408 g/mol. The van der Waals surface area contributed by atoms with Gasteiger partial charge in [0.2, 0.25) is 0 Å². The number of ether oxygens (including phenoxy) is 1. The Labute approximate surface area is 179 Å². The second-order valence-electron chi connectivity index (χ2n) is 7.21. The molecule has 0 saturated heterocycles. The van der Waals surface area contributed by atoms with Crippen molar-refractivity contribution in [3.05, 3.63) is 89.5 Å².